The molecular formula is C64H96F2O4. The first kappa shape index (κ1) is 61.8. The minimum atomic E-state index is -0.259. The standard InChI is InChI=1S/C54H66O4.4C2H6.2CH3F/c1-3-9-37-15-23-41(24-16-37)43-27-19-39(20-28-43)35-51(55)57-49-33-31-45-11-5-7-13-47(45)53(49)54-48-14-8-6-12-46(48)32-34-50(54)58-52(56)36-40-21-29-44(30-22-40)42-25-17-38(10-4-2)18-26-42;6*1-2/h19-22,27-34,37-38,41-42H,3-18,23-26,35-36H2,1-2H3;4*1-2H3;2*1H3. The summed E-state index contributed by atoms with van der Waals surface area (Å²) in [6.45, 7) is 20.6. The van der Waals surface area contributed by atoms with E-state index < -0.39 is 0 Å². The quantitative estimate of drug-likeness (QED) is 0.0990. The summed E-state index contributed by atoms with van der Waals surface area (Å²) < 4.78 is 31.8. The van der Waals surface area contributed by atoms with Crippen LogP contribution in [0.5, 0.6) is 11.5 Å². The third-order valence-corrected chi connectivity index (χ3v) is 14.4. The van der Waals surface area contributed by atoms with Crippen molar-refractivity contribution in [2.75, 3.05) is 14.4 Å². The average Bonchev–Trinajstić information content (AvgIpc) is 3.43. The summed E-state index contributed by atoms with van der Waals surface area (Å²) in [5.41, 5.74) is 11.8. The molecule has 70 heavy (non-hydrogen) atoms. The normalized spacial score (nSPS) is 18.5. The highest BCUT2D eigenvalue weighted by molar-refractivity contribution is 5.88. The smallest absolute Gasteiger partial charge is 0.315 e. The minimum absolute atomic E-state index is 0.216. The van der Waals surface area contributed by atoms with Gasteiger partial charge in [0, 0.05) is 11.1 Å². The lowest BCUT2D eigenvalue weighted by Gasteiger charge is -2.28. The first-order valence-corrected chi connectivity index (χ1v) is 28.1. The molecule has 0 saturated heterocycles. The molecule has 2 fully saturated rings. The highest BCUT2D eigenvalue weighted by atomic mass is 19.1. The molecule has 0 aromatic heterocycles. The van der Waals surface area contributed by atoms with Crippen LogP contribution in [0.25, 0.3) is 11.1 Å². The number of benzene rings is 4. The number of aryl methyl sites for hydroxylation is 2. The van der Waals surface area contributed by atoms with Crippen LogP contribution in [0, 0.1) is 11.8 Å². The highest BCUT2D eigenvalue weighted by Crippen LogP contribution is 2.47. The van der Waals surface area contributed by atoms with E-state index in [1.54, 1.807) is 0 Å². The Balaban J connectivity index is 0.00000130. The molecular weight excluding hydrogens is 871 g/mol. The van der Waals surface area contributed by atoms with Gasteiger partial charge in [-0.15, -0.1) is 0 Å². The van der Waals surface area contributed by atoms with E-state index in [9.17, 15) is 18.4 Å². The summed E-state index contributed by atoms with van der Waals surface area (Å²) in [6.07, 6.45) is 24.4. The molecule has 0 aliphatic heterocycles. The molecule has 0 N–H and O–H groups in total. The van der Waals surface area contributed by atoms with Gasteiger partial charge in [-0.1, -0.05) is 156 Å². The van der Waals surface area contributed by atoms with Crippen LogP contribution in [0.15, 0.2) is 72.8 Å². The van der Waals surface area contributed by atoms with Crippen molar-refractivity contribution in [1.29, 1.82) is 0 Å². The van der Waals surface area contributed by atoms with Crippen LogP contribution in [-0.2, 0) is 48.1 Å². The molecule has 4 aromatic carbocycles. The zero-order valence-corrected chi connectivity index (χ0v) is 46.2. The van der Waals surface area contributed by atoms with Gasteiger partial charge in [0.15, 0.2) is 0 Å². The number of fused-ring (bicyclic) bond motifs is 2. The Kier molecular flexibility index (Phi) is 31.5. The van der Waals surface area contributed by atoms with Crippen LogP contribution in [0.4, 0.5) is 8.78 Å². The van der Waals surface area contributed by atoms with Gasteiger partial charge >= 0.3 is 11.9 Å². The Morgan fingerprint density at radius 1 is 0.443 bits per heavy atom. The summed E-state index contributed by atoms with van der Waals surface area (Å²) in [5.74, 6) is 3.68. The van der Waals surface area contributed by atoms with Crippen molar-refractivity contribution in [2.45, 2.75) is 222 Å². The molecule has 4 aliphatic carbocycles. The Bertz CT molecular complexity index is 1870. The van der Waals surface area contributed by atoms with Gasteiger partial charge in [-0.25, -0.2) is 0 Å². The lowest BCUT2D eigenvalue weighted by Crippen LogP contribution is -2.17. The van der Waals surface area contributed by atoms with Crippen molar-refractivity contribution in [3.63, 3.8) is 0 Å². The Labute approximate surface area is 426 Å². The monoisotopic (exact) mass is 967 g/mol. The molecule has 4 aliphatic rings. The third-order valence-electron chi connectivity index (χ3n) is 14.4. The number of carbonyl (C=O) groups is 2. The molecule has 4 nitrogen and oxygen atoms in total. The van der Waals surface area contributed by atoms with E-state index in [0.717, 1.165) is 85.5 Å². The van der Waals surface area contributed by atoms with Gasteiger partial charge < -0.3 is 9.47 Å². The van der Waals surface area contributed by atoms with Crippen LogP contribution < -0.4 is 9.47 Å². The molecule has 0 heterocycles. The number of esters is 2. The number of ether oxygens (including phenoxy) is 2. The fourth-order valence-electron chi connectivity index (χ4n) is 11.2. The van der Waals surface area contributed by atoms with E-state index in [4.69, 9.17) is 9.47 Å². The van der Waals surface area contributed by atoms with Crippen molar-refractivity contribution in [3.8, 4) is 22.6 Å². The van der Waals surface area contributed by atoms with Crippen molar-refractivity contribution < 1.29 is 27.8 Å². The number of hydrogen-bond acceptors (Lipinski definition) is 4. The SMILES string of the molecule is CC.CC.CC.CC.CCCC1CCC(c2ccc(CC(=O)Oc3ccc4c(c3-c3c(OC(=O)Cc5ccc(C6CCC(CCC)CC6)cc5)ccc5c3CCCC5)CCCC4)cc2)CC1.CF.CF. The second-order valence-electron chi connectivity index (χ2n) is 18.4. The maximum absolute atomic E-state index is 13.8. The second-order valence-corrected chi connectivity index (χ2v) is 18.4. The van der Waals surface area contributed by atoms with Crippen LogP contribution in [0.3, 0.4) is 0 Å². The zero-order valence-electron chi connectivity index (χ0n) is 46.2. The number of halogens is 2. The Morgan fingerprint density at radius 2 is 0.757 bits per heavy atom. The third kappa shape index (κ3) is 18.1. The first-order valence-electron chi connectivity index (χ1n) is 28.1. The van der Waals surface area contributed by atoms with Crippen LogP contribution in [-0.4, -0.2) is 26.3 Å². The van der Waals surface area contributed by atoms with Crippen molar-refractivity contribution in [2.24, 2.45) is 11.8 Å². The molecule has 0 unspecified atom stereocenters. The lowest BCUT2D eigenvalue weighted by atomic mass is 9.77. The molecule has 0 atom stereocenters. The number of hydrogen-bond donors (Lipinski definition) is 0. The van der Waals surface area contributed by atoms with Crippen LogP contribution in [0.1, 0.15) is 228 Å². The molecule has 0 amide bonds. The first-order chi connectivity index (χ1) is 34.4. The van der Waals surface area contributed by atoms with Crippen LogP contribution >= 0.6 is 0 Å². The molecule has 2 saturated carbocycles. The largest absolute Gasteiger partial charge is 0.426 e. The van der Waals surface area contributed by atoms with E-state index in [2.05, 4.69) is 74.5 Å². The number of rotatable bonds is 13. The summed E-state index contributed by atoms with van der Waals surface area (Å²) in [5, 5.41) is 0. The van der Waals surface area contributed by atoms with Crippen molar-refractivity contribution in [1.82, 2.24) is 0 Å². The van der Waals surface area contributed by atoms with Crippen LogP contribution in [0.2, 0.25) is 0 Å². The topological polar surface area (TPSA) is 52.6 Å². The van der Waals surface area contributed by atoms with E-state index in [-0.39, 0.29) is 24.8 Å². The fourth-order valence-corrected chi connectivity index (χ4v) is 11.2. The van der Waals surface area contributed by atoms with E-state index in [1.165, 1.54) is 110 Å². The molecule has 0 radical (unpaired) electrons. The maximum atomic E-state index is 13.8. The maximum Gasteiger partial charge on any atom is 0.315 e. The molecule has 8 rings (SSSR count). The Hall–Kier alpha value is -4.32. The van der Waals surface area contributed by atoms with Gasteiger partial charge in [0.1, 0.15) is 11.5 Å². The molecule has 6 heteroatoms. The van der Waals surface area contributed by atoms with Gasteiger partial charge in [-0.2, -0.15) is 0 Å². The molecule has 390 valence electrons. The predicted molar refractivity (Wildman–Crippen MR) is 295 cm³/mol. The fraction of sp³-hybridized carbons (Fsp3) is 0.594. The minimum Gasteiger partial charge on any atom is -0.426 e. The van der Waals surface area contributed by atoms with Gasteiger partial charge in [-0.3, -0.25) is 18.4 Å². The molecule has 0 spiro atoms. The zero-order chi connectivity index (χ0) is 51.8. The van der Waals surface area contributed by atoms with Crippen molar-refractivity contribution in [3.05, 3.63) is 117 Å². The van der Waals surface area contributed by atoms with E-state index >= 15 is 0 Å². The lowest BCUT2D eigenvalue weighted by molar-refractivity contribution is -0.134. The summed E-state index contributed by atoms with van der Waals surface area (Å²) >= 11 is 0. The number of alkyl halides is 2. The molecule has 0 bridgehead atoms. The summed E-state index contributed by atoms with van der Waals surface area (Å²) in [7, 11) is 1.00. The highest BCUT2D eigenvalue weighted by Gasteiger charge is 2.29. The van der Waals surface area contributed by atoms with E-state index in [1.807, 2.05) is 67.5 Å². The van der Waals surface area contributed by atoms with Gasteiger partial charge in [0.25, 0.3) is 0 Å². The van der Waals surface area contributed by atoms with Gasteiger partial charge in [0.2, 0.25) is 0 Å². The Morgan fingerprint density at radius 3 is 1.07 bits per heavy atom. The van der Waals surface area contributed by atoms with E-state index in [0.29, 0.717) is 37.7 Å². The summed E-state index contributed by atoms with van der Waals surface area (Å²) in [4.78, 5) is 27.7. The second kappa shape index (κ2) is 35.7. The molecule has 4 aromatic rings. The summed E-state index contributed by atoms with van der Waals surface area (Å²) in [6, 6.07) is 25.8. The average molecular weight is 967 g/mol. The predicted octanol–water partition coefficient (Wildman–Crippen LogP) is 18.8. The van der Waals surface area contributed by atoms with Crippen molar-refractivity contribution >= 4 is 11.9 Å². The number of carbonyl (C=O) groups excluding carboxylic acids is 2. The van der Waals surface area contributed by atoms with Gasteiger partial charge in [0.05, 0.1) is 27.2 Å². The van der Waals surface area contributed by atoms with Gasteiger partial charge in [-0.05, 0) is 183 Å².